The van der Waals surface area contributed by atoms with E-state index in [0.29, 0.717) is 95.0 Å². The van der Waals surface area contributed by atoms with Gasteiger partial charge in [0, 0.05) is 111 Å². The maximum absolute atomic E-state index is 11.2. The normalized spacial score (nSPS) is 20.7. The van der Waals surface area contributed by atoms with Gasteiger partial charge in [0.05, 0.1) is 30.9 Å². The lowest BCUT2D eigenvalue weighted by Crippen LogP contribution is -2.45. The van der Waals surface area contributed by atoms with Crippen molar-refractivity contribution in [3.63, 3.8) is 0 Å². The summed E-state index contributed by atoms with van der Waals surface area (Å²) in [5.74, 6) is 5.54. The van der Waals surface area contributed by atoms with Crippen molar-refractivity contribution in [2.45, 2.75) is 94.1 Å². The summed E-state index contributed by atoms with van der Waals surface area (Å²) in [5, 5.41) is 55.5. The number of para-hydroxylation sites is 1. The SMILES string of the molecule is CNCC(O)COc1cccc(-c2nc(NC3CCOC3)c(C)c(N3CC4(CCN(c5cc(OCC(O)CNC)cc(-c6nc(NC7CCOC7)c(C)c(N7CCC(O)(CCO)CC7)n6)c5)CC4)c4ccccc43)n2)c1. The van der Waals surface area contributed by atoms with E-state index in [9.17, 15) is 20.4 Å². The zero-order valence-electron chi connectivity index (χ0n) is 44.6. The quantitative estimate of drug-likeness (QED) is 0.0487. The van der Waals surface area contributed by atoms with Crippen LogP contribution in [0, 0.1) is 13.8 Å². The molecule has 0 saturated carbocycles. The number of aliphatic hydroxyl groups is 4. The molecule has 4 fully saturated rings. The molecule has 0 amide bonds. The second-order valence-electron chi connectivity index (χ2n) is 21.4. The van der Waals surface area contributed by atoms with Gasteiger partial charge in [-0.05, 0) is 109 Å². The van der Waals surface area contributed by atoms with E-state index in [-0.39, 0.29) is 37.3 Å². The number of aromatic nitrogens is 4. The zero-order chi connectivity index (χ0) is 52.8. The number of rotatable bonds is 21. The van der Waals surface area contributed by atoms with Crippen LogP contribution >= 0.6 is 0 Å². The van der Waals surface area contributed by atoms with E-state index >= 15 is 0 Å². The van der Waals surface area contributed by atoms with Crippen LogP contribution in [0.3, 0.4) is 0 Å². The lowest BCUT2D eigenvalue weighted by Gasteiger charge is -2.41. The molecule has 4 saturated heterocycles. The number of anilines is 6. The Balaban J connectivity index is 0.958. The number of ether oxygens (including phenoxy) is 4. The highest BCUT2D eigenvalue weighted by atomic mass is 16.5. The molecule has 76 heavy (non-hydrogen) atoms. The van der Waals surface area contributed by atoms with Gasteiger partial charge in [-0.15, -0.1) is 0 Å². The summed E-state index contributed by atoms with van der Waals surface area (Å²) in [4.78, 5) is 28.1. The van der Waals surface area contributed by atoms with Gasteiger partial charge in [-0.2, -0.15) is 0 Å². The molecule has 0 bridgehead atoms. The largest absolute Gasteiger partial charge is 0.491 e. The Morgan fingerprint density at radius 1 is 0.684 bits per heavy atom. The molecule has 0 aliphatic carbocycles. The Morgan fingerprint density at radius 2 is 1.28 bits per heavy atom. The minimum atomic E-state index is -0.909. The summed E-state index contributed by atoms with van der Waals surface area (Å²) in [6.07, 6.45) is 3.55. The van der Waals surface area contributed by atoms with Crippen LogP contribution in [0.2, 0.25) is 0 Å². The zero-order valence-corrected chi connectivity index (χ0v) is 44.6. The number of fused-ring (bicyclic) bond motifs is 2. The number of likely N-dealkylation sites (N-methyl/N-ethyl adjacent to an activating group) is 2. The molecule has 4 atom stereocenters. The summed E-state index contributed by atoms with van der Waals surface area (Å²) in [6, 6.07) is 23.0. The lowest BCUT2D eigenvalue weighted by molar-refractivity contribution is -0.00545. The number of nitrogens with zero attached hydrogens (tertiary/aromatic N) is 7. The standard InChI is InChI=1S/C57H77N11O8/c1-37-50(60-41-12-24-73-32-41)63-53(64-54(37)67-21-16-57(72,17-22-67)18-23-69)40-26-43(29-47(28-40)76-35-45(71)31-59-4)66-19-14-56(15-20-66)36-68(49-11-6-5-10-48(49)56)55-38(2)51(61-42-13-25-74-33-42)62-52(65-55)39-8-7-9-46(27-39)75-34-44(70)30-58-3/h5-11,26-29,41-42,44-45,58-59,69-72H,12-25,30-36H2,1-4H3,(H,60,63,64)(H,61,62,65). The highest BCUT2D eigenvalue weighted by Gasteiger charge is 2.46. The van der Waals surface area contributed by atoms with E-state index in [2.05, 4.69) is 86.2 Å². The van der Waals surface area contributed by atoms with E-state index in [1.54, 1.807) is 7.05 Å². The molecule has 5 aromatic rings. The maximum atomic E-state index is 11.2. The van der Waals surface area contributed by atoms with Crippen molar-refractivity contribution >= 4 is 34.6 Å². The second-order valence-corrected chi connectivity index (χ2v) is 21.4. The van der Waals surface area contributed by atoms with Crippen LogP contribution in [0.5, 0.6) is 11.5 Å². The van der Waals surface area contributed by atoms with Gasteiger partial charge in [-0.3, -0.25) is 0 Å². The maximum Gasteiger partial charge on any atom is 0.164 e. The van der Waals surface area contributed by atoms with Crippen molar-refractivity contribution in [1.82, 2.24) is 30.6 Å². The first-order valence-corrected chi connectivity index (χ1v) is 27.3. The molecule has 1 spiro atoms. The Kier molecular flexibility index (Phi) is 16.7. The summed E-state index contributed by atoms with van der Waals surface area (Å²) in [5.41, 5.74) is 5.84. The minimum absolute atomic E-state index is 0.0558. The van der Waals surface area contributed by atoms with E-state index in [4.69, 9.17) is 38.9 Å². The third-order valence-corrected chi connectivity index (χ3v) is 15.9. The molecule has 4 unspecified atom stereocenters. The molecule has 10 rings (SSSR count). The predicted molar refractivity (Wildman–Crippen MR) is 296 cm³/mol. The Bertz CT molecular complexity index is 2760. The van der Waals surface area contributed by atoms with E-state index in [0.717, 1.165) is 102 Å². The van der Waals surface area contributed by atoms with Gasteiger partial charge in [-0.25, -0.2) is 19.9 Å². The Labute approximate surface area is 446 Å². The van der Waals surface area contributed by atoms with Crippen LogP contribution in [0.25, 0.3) is 22.8 Å². The number of hydrogen-bond donors (Lipinski definition) is 8. The topological polar surface area (TPSA) is 227 Å². The van der Waals surface area contributed by atoms with Crippen LogP contribution in [0.1, 0.15) is 61.6 Å². The first-order chi connectivity index (χ1) is 36.9. The Morgan fingerprint density at radius 3 is 1.91 bits per heavy atom. The van der Waals surface area contributed by atoms with Crippen molar-refractivity contribution < 1.29 is 39.4 Å². The summed E-state index contributed by atoms with van der Waals surface area (Å²) < 4.78 is 24.0. The van der Waals surface area contributed by atoms with Crippen molar-refractivity contribution in [3.05, 3.63) is 83.4 Å². The fourth-order valence-electron chi connectivity index (χ4n) is 11.5. The van der Waals surface area contributed by atoms with Gasteiger partial charge >= 0.3 is 0 Å². The molecule has 0 radical (unpaired) electrons. The molecule has 8 N–H and O–H groups in total. The van der Waals surface area contributed by atoms with Crippen molar-refractivity contribution in [2.24, 2.45) is 0 Å². The average Bonchev–Trinajstić information content (AvgIpc) is 4.24. The third-order valence-electron chi connectivity index (χ3n) is 15.9. The van der Waals surface area contributed by atoms with Crippen molar-refractivity contribution in [2.75, 3.05) is 131 Å². The predicted octanol–water partition coefficient (Wildman–Crippen LogP) is 4.94. The smallest absolute Gasteiger partial charge is 0.164 e. The van der Waals surface area contributed by atoms with Crippen molar-refractivity contribution in [1.29, 1.82) is 0 Å². The molecular formula is C57H77N11O8. The van der Waals surface area contributed by atoms with Gasteiger partial charge in [0.15, 0.2) is 11.6 Å². The lowest BCUT2D eigenvalue weighted by atomic mass is 9.74. The van der Waals surface area contributed by atoms with Crippen LogP contribution in [0.4, 0.5) is 34.6 Å². The molecule has 2 aromatic heterocycles. The third kappa shape index (κ3) is 12.0. The molecular weight excluding hydrogens is 967 g/mol. The van der Waals surface area contributed by atoms with Gasteiger partial charge in [0.2, 0.25) is 0 Å². The highest BCUT2D eigenvalue weighted by Crippen LogP contribution is 2.51. The summed E-state index contributed by atoms with van der Waals surface area (Å²) >= 11 is 0. The molecule has 3 aromatic carbocycles. The summed E-state index contributed by atoms with van der Waals surface area (Å²) in [6.45, 7) is 11.2. The molecule has 5 aliphatic rings. The molecule has 19 heteroatoms. The number of piperidine rings is 2. The summed E-state index contributed by atoms with van der Waals surface area (Å²) in [7, 11) is 3.61. The fraction of sp³-hybridized carbons (Fsp3) is 0.544. The highest BCUT2D eigenvalue weighted by molar-refractivity contribution is 5.78. The van der Waals surface area contributed by atoms with Crippen LogP contribution < -0.4 is 45.4 Å². The van der Waals surface area contributed by atoms with Gasteiger partial charge in [0.1, 0.15) is 60.2 Å². The van der Waals surface area contributed by atoms with Crippen LogP contribution in [-0.2, 0) is 14.9 Å². The molecule has 5 aliphatic heterocycles. The average molecular weight is 1040 g/mol. The Hall–Kier alpha value is -5.90. The molecule has 7 heterocycles. The van der Waals surface area contributed by atoms with Gasteiger partial charge < -0.3 is 75.3 Å². The van der Waals surface area contributed by atoms with Gasteiger partial charge in [0.25, 0.3) is 0 Å². The fourth-order valence-corrected chi connectivity index (χ4v) is 11.5. The van der Waals surface area contributed by atoms with Crippen LogP contribution in [0.15, 0.2) is 66.7 Å². The minimum Gasteiger partial charge on any atom is -0.491 e. The monoisotopic (exact) mass is 1040 g/mol. The second kappa shape index (κ2) is 23.8. The van der Waals surface area contributed by atoms with Crippen molar-refractivity contribution in [3.8, 4) is 34.3 Å². The van der Waals surface area contributed by atoms with E-state index in [1.807, 2.05) is 37.4 Å². The first-order valence-electron chi connectivity index (χ1n) is 27.3. The molecule has 408 valence electrons. The number of benzene rings is 3. The first kappa shape index (κ1) is 53.5. The number of aliphatic hydroxyl groups excluding tert-OH is 3. The van der Waals surface area contributed by atoms with Crippen LogP contribution in [-0.4, -0.2) is 176 Å². The number of nitrogens with one attached hydrogen (secondary N) is 4. The van der Waals surface area contributed by atoms with E-state index in [1.165, 1.54) is 5.56 Å². The number of hydrogen-bond acceptors (Lipinski definition) is 19. The van der Waals surface area contributed by atoms with E-state index < -0.39 is 17.8 Å². The van der Waals surface area contributed by atoms with Gasteiger partial charge in [-0.1, -0.05) is 30.3 Å². The molecule has 19 nitrogen and oxygen atoms in total.